The highest BCUT2D eigenvalue weighted by Crippen LogP contribution is 2.35. The molecule has 0 atom stereocenters. The Labute approximate surface area is 176 Å². The monoisotopic (exact) mass is 462 g/mol. The molecule has 1 aliphatic rings. The summed E-state index contributed by atoms with van der Waals surface area (Å²) in [5, 5.41) is 13.2. The first-order valence-corrected chi connectivity index (χ1v) is 9.90. The molecule has 8 heteroatoms. The number of thiocarbonyl (C=S) groups is 1. The summed E-state index contributed by atoms with van der Waals surface area (Å²) in [6.07, 6.45) is 1.66. The summed E-state index contributed by atoms with van der Waals surface area (Å²) in [6, 6.07) is 10.4. The van der Waals surface area contributed by atoms with Crippen molar-refractivity contribution in [2.75, 3.05) is 18.1 Å². The number of anilines is 1. The molecule has 1 fully saturated rings. The average molecular weight is 463 g/mol. The number of nitrogens with zero attached hydrogens (tertiary/aromatic N) is 1. The van der Waals surface area contributed by atoms with Gasteiger partial charge in [0.1, 0.15) is 11.4 Å². The number of hydrogen-bond acceptors (Lipinski definition) is 5. The van der Waals surface area contributed by atoms with Crippen LogP contribution in [0.1, 0.15) is 19.4 Å². The quantitative estimate of drug-likeness (QED) is 0.494. The molecule has 0 bridgehead atoms. The fourth-order valence-corrected chi connectivity index (χ4v) is 3.51. The predicted octanol–water partition coefficient (Wildman–Crippen LogP) is 4.21. The summed E-state index contributed by atoms with van der Waals surface area (Å²) in [5.41, 5.74) is 1.56. The molecule has 28 heavy (non-hydrogen) atoms. The van der Waals surface area contributed by atoms with E-state index in [2.05, 4.69) is 21.2 Å². The van der Waals surface area contributed by atoms with Gasteiger partial charge in [0.25, 0.3) is 5.91 Å². The second kappa shape index (κ2) is 8.62. The number of rotatable bonds is 6. The van der Waals surface area contributed by atoms with Gasteiger partial charge in [0, 0.05) is 4.47 Å². The van der Waals surface area contributed by atoms with E-state index in [-0.39, 0.29) is 16.8 Å². The number of carbonyl (C=O) groups excluding carboxylic acids is 1. The zero-order chi connectivity index (χ0) is 20.3. The van der Waals surface area contributed by atoms with E-state index in [1.807, 2.05) is 26.0 Å². The van der Waals surface area contributed by atoms with Crippen molar-refractivity contribution >= 4 is 50.9 Å². The maximum Gasteiger partial charge on any atom is 0.281 e. The Morgan fingerprint density at radius 1 is 1.18 bits per heavy atom. The van der Waals surface area contributed by atoms with E-state index in [0.717, 1.165) is 0 Å². The number of phenols is 1. The van der Waals surface area contributed by atoms with Crippen molar-refractivity contribution in [1.82, 2.24) is 5.32 Å². The lowest BCUT2D eigenvalue weighted by atomic mass is 10.1. The summed E-state index contributed by atoms with van der Waals surface area (Å²) in [6.45, 7) is 4.59. The van der Waals surface area contributed by atoms with Crippen LogP contribution >= 0.6 is 28.1 Å². The first kappa shape index (κ1) is 20.2. The highest BCUT2D eigenvalue weighted by atomic mass is 79.9. The minimum absolute atomic E-state index is 0.0179. The van der Waals surface area contributed by atoms with Gasteiger partial charge in [-0.2, -0.15) is 0 Å². The van der Waals surface area contributed by atoms with Crippen molar-refractivity contribution in [1.29, 1.82) is 0 Å². The van der Waals surface area contributed by atoms with Gasteiger partial charge in [-0.15, -0.1) is 0 Å². The SMILES string of the molecule is CCOc1cc(/C=C2\NC(=S)N(c3ccccc3OCC)C2=O)c(Br)cc1O. The summed E-state index contributed by atoms with van der Waals surface area (Å²) in [4.78, 5) is 14.4. The normalized spacial score (nSPS) is 15.1. The third-order valence-corrected chi connectivity index (χ3v) is 4.93. The predicted molar refractivity (Wildman–Crippen MR) is 116 cm³/mol. The van der Waals surface area contributed by atoms with E-state index in [1.165, 1.54) is 11.0 Å². The van der Waals surface area contributed by atoms with Crippen LogP contribution in [-0.2, 0) is 4.79 Å². The Morgan fingerprint density at radius 2 is 1.86 bits per heavy atom. The van der Waals surface area contributed by atoms with Gasteiger partial charge in [-0.3, -0.25) is 4.79 Å². The molecule has 0 spiro atoms. The number of amides is 1. The van der Waals surface area contributed by atoms with Gasteiger partial charge in [0.2, 0.25) is 0 Å². The first-order valence-electron chi connectivity index (χ1n) is 8.70. The van der Waals surface area contributed by atoms with Crippen LogP contribution < -0.4 is 19.7 Å². The van der Waals surface area contributed by atoms with Crippen LogP contribution in [0.5, 0.6) is 17.2 Å². The number of nitrogens with one attached hydrogen (secondary N) is 1. The van der Waals surface area contributed by atoms with E-state index in [1.54, 1.807) is 24.3 Å². The Hall–Kier alpha value is -2.58. The molecule has 0 unspecified atom stereocenters. The molecule has 1 saturated heterocycles. The first-order chi connectivity index (χ1) is 13.5. The number of phenolic OH excluding ortho intramolecular Hbond substituents is 1. The van der Waals surface area contributed by atoms with Crippen LogP contribution in [0.15, 0.2) is 46.6 Å². The van der Waals surface area contributed by atoms with Crippen LogP contribution in [0.25, 0.3) is 6.08 Å². The van der Waals surface area contributed by atoms with Gasteiger partial charge in [-0.25, -0.2) is 4.90 Å². The smallest absolute Gasteiger partial charge is 0.281 e. The van der Waals surface area contributed by atoms with Crippen LogP contribution in [0.2, 0.25) is 0 Å². The van der Waals surface area contributed by atoms with Crippen molar-refractivity contribution in [3.05, 3.63) is 52.1 Å². The van der Waals surface area contributed by atoms with Gasteiger partial charge in [0.05, 0.1) is 18.9 Å². The molecule has 0 radical (unpaired) electrons. The summed E-state index contributed by atoms with van der Waals surface area (Å²) in [7, 11) is 0. The minimum Gasteiger partial charge on any atom is -0.504 e. The van der Waals surface area contributed by atoms with Crippen LogP contribution in [-0.4, -0.2) is 29.3 Å². The fraction of sp³-hybridized carbons (Fsp3) is 0.200. The maximum atomic E-state index is 13.0. The molecule has 0 aliphatic carbocycles. The van der Waals surface area contributed by atoms with Gasteiger partial charge >= 0.3 is 0 Å². The largest absolute Gasteiger partial charge is 0.504 e. The number of hydrogen-bond donors (Lipinski definition) is 2. The van der Waals surface area contributed by atoms with Crippen molar-refractivity contribution in [3.8, 4) is 17.2 Å². The number of halogens is 1. The molecular weight excluding hydrogens is 444 g/mol. The zero-order valence-electron chi connectivity index (χ0n) is 15.4. The topological polar surface area (TPSA) is 71.0 Å². The Morgan fingerprint density at radius 3 is 2.57 bits per heavy atom. The summed E-state index contributed by atoms with van der Waals surface area (Å²) in [5.74, 6) is 0.636. The molecule has 6 nitrogen and oxygen atoms in total. The summed E-state index contributed by atoms with van der Waals surface area (Å²) >= 11 is 8.78. The van der Waals surface area contributed by atoms with E-state index in [4.69, 9.17) is 21.7 Å². The maximum absolute atomic E-state index is 13.0. The lowest BCUT2D eigenvalue weighted by Gasteiger charge is -2.18. The summed E-state index contributed by atoms with van der Waals surface area (Å²) < 4.78 is 11.7. The Bertz CT molecular complexity index is 961. The van der Waals surface area contributed by atoms with Crippen molar-refractivity contribution in [2.45, 2.75) is 13.8 Å². The third kappa shape index (κ3) is 3.98. The van der Waals surface area contributed by atoms with E-state index >= 15 is 0 Å². The molecule has 0 aromatic heterocycles. The lowest BCUT2D eigenvalue weighted by Crippen LogP contribution is -2.30. The molecule has 0 saturated carbocycles. The highest BCUT2D eigenvalue weighted by molar-refractivity contribution is 9.10. The van der Waals surface area contributed by atoms with Crippen molar-refractivity contribution in [2.24, 2.45) is 0 Å². The lowest BCUT2D eigenvalue weighted by molar-refractivity contribution is -0.113. The molecule has 1 heterocycles. The molecular formula is C20H19BrN2O4S. The third-order valence-electron chi connectivity index (χ3n) is 3.96. The second-order valence-corrected chi connectivity index (χ2v) is 7.04. The van der Waals surface area contributed by atoms with Gasteiger partial charge in [-0.05, 0) is 62.0 Å². The Balaban J connectivity index is 1.98. The molecule has 2 aromatic rings. The molecule has 146 valence electrons. The van der Waals surface area contributed by atoms with Gasteiger partial charge < -0.3 is 19.9 Å². The van der Waals surface area contributed by atoms with E-state index in [9.17, 15) is 9.90 Å². The number of aromatic hydroxyl groups is 1. The highest BCUT2D eigenvalue weighted by Gasteiger charge is 2.33. The molecule has 1 amide bonds. The van der Waals surface area contributed by atoms with Gasteiger partial charge in [-0.1, -0.05) is 28.1 Å². The van der Waals surface area contributed by atoms with Gasteiger partial charge in [0.15, 0.2) is 16.6 Å². The van der Waals surface area contributed by atoms with E-state index < -0.39 is 0 Å². The van der Waals surface area contributed by atoms with Crippen LogP contribution in [0.4, 0.5) is 5.69 Å². The second-order valence-electron chi connectivity index (χ2n) is 5.80. The van der Waals surface area contributed by atoms with Crippen LogP contribution in [0, 0.1) is 0 Å². The average Bonchev–Trinajstić information content (AvgIpc) is 2.93. The number of benzene rings is 2. The zero-order valence-corrected chi connectivity index (χ0v) is 17.8. The molecule has 2 aromatic carbocycles. The molecule has 2 N–H and O–H groups in total. The fourth-order valence-electron chi connectivity index (χ4n) is 2.77. The van der Waals surface area contributed by atoms with Crippen molar-refractivity contribution < 1.29 is 19.4 Å². The number of carbonyl (C=O) groups is 1. The molecule has 1 aliphatic heterocycles. The molecule has 3 rings (SSSR count). The number of ether oxygens (including phenoxy) is 2. The minimum atomic E-state index is -0.296. The Kier molecular flexibility index (Phi) is 6.21. The standard InChI is InChI=1S/C20H19BrN2O4S/c1-3-26-17-8-6-5-7-15(17)23-19(25)14(22-20(23)28)9-12-10-18(27-4-2)16(24)11-13(12)21/h5-11,24H,3-4H2,1-2H3,(H,22,28)/b14-9-. The van der Waals surface area contributed by atoms with Crippen molar-refractivity contribution in [3.63, 3.8) is 0 Å². The van der Waals surface area contributed by atoms with E-state index in [0.29, 0.717) is 46.1 Å². The van der Waals surface area contributed by atoms with Crippen LogP contribution in [0.3, 0.4) is 0 Å². The number of para-hydroxylation sites is 2.